The van der Waals surface area contributed by atoms with Crippen LogP contribution in [0.25, 0.3) is 5.57 Å². The van der Waals surface area contributed by atoms with Crippen LogP contribution in [-0.4, -0.2) is 64.8 Å². The number of hydrogen-bond acceptors (Lipinski definition) is 7. The Hall–Kier alpha value is -4.16. The quantitative estimate of drug-likeness (QED) is 0.0915. The Morgan fingerprint density at radius 1 is 1.13 bits per heavy atom. The monoisotopic (exact) mass is 626 g/mol. The number of aliphatic imine (C=N–C) groups is 1. The van der Waals surface area contributed by atoms with Crippen LogP contribution in [0.2, 0.25) is 0 Å². The molecule has 0 saturated heterocycles. The fourth-order valence-corrected chi connectivity index (χ4v) is 3.34. The third-order valence-electron chi connectivity index (χ3n) is 6.03. The summed E-state index contributed by atoms with van der Waals surface area (Å²) in [5.41, 5.74) is 8.12. The van der Waals surface area contributed by atoms with E-state index in [1.165, 1.54) is 18.2 Å². The van der Waals surface area contributed by atoms with Crippen molar-refractivity contribution in [3.63, 3.8) is 0 Å². The predicted octanol–water partition coefficient (Wildman–Crippen LogP) is 4.33. The number of aldehydes is 2. The summed E-state index contributed by atoms with van der Waals surface area (Å²) in [6.45, 7) is 6.88. The fourth-order valence-electron chi connectivity index (χ4n) is 3.34. The minimum atomic E-state index is -4.40. The number of nitrogens with one attached hydrogen (secondary N) is 3. The van der Waals surface area contributed by atoms with Crippen LogP contribution >= 0.6 is 0 Å². The van der Waals surface area contributed by atoms with E-state index in [1.807, 2.05) is 52.1 Å². The maximum atomic E-state index is 13.1. The zero-order valence-corrected chi connectivity index (χ0v) is 26.5. The molecular formula is C33H44BF3N5O3. The van der Waals surface area contributed by atoms with Crippen LogP contribution in [0.4, 0.5) is 13.2 Å². The van der Waals surface area contributed by atoms with Crippen molar-refractivity contribution in [3.8, 4) is 0 Å². The fraction of sp³-hybridized carbons (Fsp3) is 0.364. The van der Waals surface area contributed by atoms with E-state index in [-0.39, 0.29) is 18.4 Å². The summed E-state index contributed by atoms with van der Waals surface area (Å²) in [4.78, 5) is 34.6. The van der Waals surface area contributed by atoms with Crippen molar-refractivity contribution < 1.29 is 27.6 Å². The van der Waals surface area contributed by atoms with Crippen molar-refractivity contribution in [2.24, 2.45) is 10.7 Å². The van der Waals surface area contributed by atoms with E-state index >= 15 is 0 Å². The molecule has 1 radical (unpaired) electrons. The van der Waals surface area contributed by atoms with Gasteiger partial charge in [0, 0.05) is 30.6 Å². The van der Waals surface area contributed by atoms with Crippen LogP contribution in [0.15, 0.2) is 65.8 Å². The standard InChI is InChI=1S/C16H20F3N3.C10H9BNO2.C5H9NO.C2H6/c1-10(21-2)11-5-12(7-14(6-11)16(17,18)19)13(8-20)9-22-15-3-4-15;11-5-8-3-1-2-4-9(8)6-12-10(14)7-13;1-6-4-2-3-5-7;1-2/h5-10,15,21H,3-4,20H2,1-2H3;1-5,7H,6H2,(H,12,14);2-3,5-6H,4H2,1H3;1-2H3/b13-8+,22-9?;;3-2+;. The molecule has 243 valence electrons. The second-order valence-electron chi connectivity index (χ2n) is 9.31. The zero-order chi connectivity index (χ0) is 34.3. The van der Waals surface area contributed by atoms with E-state index in [0.717, 1.165) is 48.9 Å². The van der Waals surface area contributed by atoms with E-state index in [1.54, 1.807) is 25.4 Å². The Bertz CT molecular complexity index is 1290. The number of nitrogens with two attached hydrogens (primary N) is 1. The summed E-state index contributed by atoms with van der Waals surface area (Å²) < 4.78 is 39.3. The van der Waals surface area contributed by atoms with Gasteiger partial charge in [0.1, 0.15) is 6.29 Å². The number of amides is 1. The van der Waals surface area contributed by atoms with Gasteiger partial charge in [0.15, 0.2) is 0 Å². The van der Waals surface area contributed by atoms with E-state index in [0.29, 0.717) is 23.2 Å². The van der Waals surface area contributed by atoms with E-state index in [9.17, 15) is 27.6 Å². The molecule has 0 bridgehead atoms. The maximum absolute atomic E-state index is 13.1. The van der Waals surface area contributed by atoms with Gasteiger partial charge in [-0.2, -0.15) is 13.2 Å². The number of allylic oxidation sites excluding steroid dienone is 2. The number of benzene rings is 2. The third-order valence-corrected chi connectivity index (χ3v) is 6.03. The molecule has 2 aromatic rings. The van der Waals surface area contributed by atoms with Crippen molar-refractivity contribution in [1.29, 1.82) is 0 Å². The molecule has 1 amide bonds. The predicted molar refractivity (Wildman–Crippen MR) is 178 cm³/mol. The molecule has 8 nitrogen and oxygen atoms in total. The van der Waals surface area contributed by atoms with Gasteiger partial charge in [-0.25, -0.2) is 0 Å². The van der Waals surface area contributed by atoms with Gasteiger partial charge in [-0.05, 0) is 69.3 Å². The molecule has 1 aliphatic rings. The van der Waals surface area contributed by atoms with Gasteiger partial charge in [-0.3, -0.25) is 9.79 Å². The van der Waals surface area contributed by atoms with Crippen LogP contribution in [0.3, 0.4) is 0 Å². The van der Waals surface area contributed by atoms with Gasteiger partial charge >= 0.3 is 88.7 Å². The van der Waals surface area contributed by atoms with Crippen molar-refractivity contribution in [2.75, 3.05) is 20.6 Å². The van der Waals surface area contributed by atoms with Crippen LogP contribution in [0.1, 0.15) is 67.5 Å². The molecule has 1 aliphatic carbocycles. The first kappa shape index (κ1) is 40.8. The number of alkyl halides is 3. The van der Waals surface area contributed by atoms with Gasteiger partial charge in [-0.15, -0.1) is 0 Å². The van der Waals surface area contributed by atoms with E-state index < -0.39 is 17.6 Å². The summed E-state index contributed by atoms with van der Waals surface area (Å²) >= 11 is 0. The first-order chi connectivity index (χ1) is 21.5. The molecule has 1 fully saturated rings. The SMILES string of the molecule is CC.CNC(C)c1cc(/C(C=NC2CC2)=C/N)cc(C(F)(F)F)c1.CNC/C=C/C=O.[B]=Cc1ccccc1CNC(=O)C=O. The summed E-state index contributed by atoms with van der Waals surface area (Å²) in [5.74, 6) is 0.833. The van der Waals surface area contributed by atoms with Gasteiger partial charge < -0.3 is 16.4 Å². The van der Waals surface area contributed by atoms with Crippen LogP contribution in [-0.2, 0) is 27.1 Å². The number of carbonyl (C=O) groups is 3. The van der Waals surface area contributed by atoms with Crippen molar-refractivity contribution >= 4 is 43.7 Å². The molecule has 1 atom stereocenters. The molecular weight excluding hydrogens is 582 g/mol. The van der Waals surface area contributed by atoms with Gasteiger partial charge in [0.05, 0.1) is 11.6 Å². The molecule has 5 N–H and O–H groups in total. The summed E-state index contributed by atoms with van der Waals surface area (Å²) in [7, 11) is 8.92. The first-order valence-corrected chi connectivity index (χ1v) is 14.5. The first-order valence-electron chi connectivity index (χ1n) is 14.5. The summed E-state index contributed by atoms with van der Waals surface area (Å²) in [6, 6.07) is 11.5. The molecule has 3 rings (SSSR count). The molecule has 1 saturated carbocycles. The van der Waals surface area contributed by atoms with Gasteiger partial charge in [0.25, 0.3) is 0 Å². The Balaban J connectivity index is 0.000000718. The number of carbonyl (C=O) groups excluding carboxylic acids is 3. The summed E-state index contributed by atoms with van der Waals surface area (Å²) in [6.07, 6.45) is 4.76. The van der Waals surface area contributed by atoms with Crippen molar-refractivity contribution in [3.05, 3.63) is 88.6 Å². The summed E-state index contributed by atoms with van der Waals surface area (Å²) in [5, 5.41) is 8.25. The molecule has 1 unspecified atom stereocenters. The van der Waals surface area contributed by atoms with Crippen molar-refractivity contribution in [2.45, 2.75) is 58.4 Å². The normalized spacial score (nSPS) is 13.3. The van der Waals surface area contributed by atoms with Gasteiger partial charge in [-0.1, -0.05) is 19.9 Å². The molecule has 2 aromatic carbocycles. The van der Waals surface area contributed by atoms with E-state index in [2.05, 4.69) is 20.9 Å². The second-order valence-corrected chi connectivity index (χ2v) is 9.31. The van der Waals surface area contributed by atoms with Crippen molar-refractivity contribution in [1.82, 2.24) is 16.0 Å². The van der Waals surface area contributed by atoms with Crippen LogP contribution in [0, 0.1) is 0 Å². The molecule has 0 aliphatic heterocycles. The Kier molecular flexibility index (Phi) is 21.1. The topological polar surface area (TPSA) is 126 Å². The molecule has 0 aromatic heterocycles. The number of halogens is 3. The van der Waals surface area contributed by atoms with Crippen LogP contribution < -0.4 is 21.7 Å². The molecule has 0 spiro atoms. The average molecular weight is 627 g/mol. The average Bonchev–Trinajstić information content (AvgIpc) is 3.89. The second kappa shape index (κ2) is 23.3. The molecule has 12 heteroatoms. The Morgan fingerprint density at radius 2 is 1.80 bits per heavy atom. The minimum absolute atomic E-state index is 0.194. The number of likely N-dealkylation sites (N-methyl/N-ethyl adjacent to an activating group) is 1. The zero-order valence-electron chi connectivity index (χ0n) is 26.5. The number of rotatable bonds is 12. The Morgan fingerprint density at radius 3 is 2.31 bits per heavy atom. The third kappa shape index (κ3) is 17.1. The number of nitrogens with zero attached hydrogens (tertiary/aromatic N) is 1. The van der Waals surface area contributed by atoms with E-state index in [4.69, 9.17) is 13.2 Å². The van der Waals surface area contributed by atoms with Gasteiger partial charge in [0.2, 0.25) is 0 Å². The van der Waals surface area contributed by atoms with Crippen LogP contribution in [0.5, 0.6) is 0 Å². The molecule has 0 heterocycles. The Labute approximate surface area is 265 Å². The number of hydrogen-bond donors (Lipinski definition) is 4. The molecule has 45 heavy (non-hydrogen) atoms.